The number of nitrogens with one attached hydrogen (secondary N) is 1. The van der Waals surface area contributed by atoms with Gasteiger partial charge >= 0.3 is 0 Å². The molecule has 1 aliphatic carbocycles. The van der Waals surface area contributed by atoms with Gasteiger partial charge in [-0.2, -0.15) is 5.10 Å². The molecule has 29 heavy (non-hydrogen) atoms. The van der Waals surface area contributed by atoms with Gasteiger partial charge in [-0.3, -0.25) is 9.59 Å². The van der Waals surface area contributed by atoms with Gasteiger partial charge in [0.15, 0.2) is 5.65 Å². The van der Waals surface area contributed by atoms with E-state index in [2.05, 4.69) is 15.4 Å². The van der Waals surface area contributed by atoms with Gasteiger partial charge in [0.1, 0.15) is 16.9 Å². The lowest BCUT2D eigenvalue weighted by Crippen LogP contribution is -2.24. The summed E-state index contributed by atoms with van der Waals surface area (Å²) in [4.78, 5) is 28.9. The number of nitrogens with zero attached hydrogens (tertiary/aromatic N) is 3. The van der Waals surface area contributed by atoms with E-state index in [1.807, 2.05) is 26.0 Å². The van der Waals surface area contributed by atoms with Crippen LogP contribution >= 0.6 is 0 Å². The first kappa shape index (κ1) is 17.7. The van der Waals surface area contributed by atoms with Crippen molar-refractivity contribution in [3.05, 3.63) is 53.5 Å². The summed E-state index contributed by atoms with van der Waals surface area (Å²) in [6.45, 7) is 4.05. The maximum atomic E-state index is 13.0. The molecule has 8 nitrogen and oxygen atoms in total. The van der Waals surface area contributed by atoms with Crippen molar-refractivity contribution in [2.75, 3.05) is 5.32 Å². The van der Waals surface area contributed by atoms with Crippen molar-refractivity contribution in [2.24, 2.45) is 11.7 Å². The van der Waals surface area contributed by atoms with Crippen LogP contribution < -0.4 is 15.8 Å². The summed E-state index contributed by atoms with van der Waals surface area (Å²) < 4.78 is 7.60. The number of anilines is 1. The molecule has 2 aromatic heterocycles. The molecule has 0 radical (unpaired) electrons. The Morgan fingerprint density at radius 2 is 2.17 bits per heavy atom. The average Bonchev–Trinajstić information content (AvgIpc) is 3.24. The Morgan fingerprint density at radius 3 is 2.93 bits per heavy atom. The summed E-state index contributed by atoms with van der Waals surface area (Å²) in [5, 5.41) is 7.18. The Morgan fingerprint density at radius 1 is 1.34 bits per heavy atom. The lowest BCUT2D eigenvalue weighted by atomic mass is 9.98. The highest BCUT2D eigenvalue weighted by molar-refractivity contribution is 6.08. The van der Waals surface area contributed by atoms with Crippen LogP contribution in [0.3, 0.4) is 0 Å². The molecule has 0 spiro atoms. The third-order valence-electron chi connectivity index (χ3n) is 5.56. The molecule has 2 amide bonds. The molecule has 5 rings (SSSR count). The van der Waals surface area contributed by atoms with E-state index in [4.69, 9.17) is 10.5 Å². The van der Waals surface area contributed by atoms with E-state index in [1.165, 1.54) is 6.20 Å². The van der Waals surface area contributed by atoms with Crippen LogP contribution in [-0.4, -0.2) is 32.0 Å². The predicted octanol–water partition coefficient (Wildman–Crippen LogP) is 2.28. The van der Waals surface area contributed by atoms with Crippen LogP contribution in [0.15, 0.2) is 36.8 Å². The minimum Gasteiger partial charge on any atom is -0.487 e. The Labute approximate surface area is 167 Å². The second kappa shape index (κ2) is 6.04. The van der Waals surface area contributed by atoms with Crippen molar-refractivity contribution in [3.8, 4) is 5.75 Å². The van der Waals surface area contributed by atoms with Crippen LogP contribution in [0.25, 0.3) is 5.65 Å². The van der Waals surface area contributed by atoms with E-state index >= 15 is 0 Å². The Bertz CT molecular complexity index is 1170. The highest BCUT2D eigenvalue weighted by Crippen LogP contribution is 2.52. The lowest BCUT2D eigenvalue weighted by molar-refractivity contribution is -0.119. The third kappa shape index (κ3) is 3.00. The largest absolute Gasteiger partial charge is 0.487 e. The highest BCUT2D eigenvalue weighted by atomic mass is 16.5. The van der Waals surface area contributed by atoms with Crippen LogP contribution in [-0.2, 0) is 11.2 Å². The van der Waals surface area contributed by atoms with Gasteiger partial charge in [-0.1, -0.05) is 0 Å². The minimum atomic E-state index is -0.319. The normalized spacial score (nSPS) is 21.4. The number of hydrogen-bond acceptors (Lipinski definition) is 5. The van der Waals surface area contributed by atoms with Gasteiger partial charge in [-0.25, -0.2) is 9.50 Å². The topological polar surface area (TPSA) is 112 Å². The number of carbonyl (C=O) groups is 2. The summed E-state index contributed by atoms with van der Waals surface area (Å²) in [5.41, 5.74) is 8.65. The van der Waals surface area contributed by atoms with Crippen LogP contribution in [0.2, 0.25) is 0 Å². The zero-order chi connectivity index (χ0) is 20.3. The van der Waals surface area contributed by atoms with Crippen LogP contribution in [0, 0.1) is 5.92 Å². The summed E-state index contributed by atoms with van der Waals surface area (Å²) in [6, 6.07) is 5.65. The first-order valence-corrected chi connectivity index (χ1v) is 9.57. The highest BCUT2D eigenvalue weighted by Gasteiger charge is 2.45. The standard InChI is InChI=1S/C21H21N5O3/c1-21(2)9-11-6-16(13(8-17(11)29-21)12-7-14(12)18(22)27)25-20(28)15-10-24-26-5-3-4-23-19(15)26/h3-6,8,10,12,14H,7,9H2,1-2H3,(H2,22,27)(H,25,28)/t12-,14-/m1/s1. The molecule has 3 N–H and O–H groups in total. The van der Waals surface area contributed by atoms with E-state index in [9.17, 15) is 9.59 Å². The minimum absolute atomic E-state index is 0.0116. The maximum absolute atomic E-state index is 13.0. The summed E-state index contributed by atoms with van der Waals surface area (Å²) in [6.07, 6.45) is 6.28. The molecule has 8 heteroatoms. The molecule has 0 unspecified atom stereocenters. The number of rotatable bonds is 4. The molecule has 1 saturated carbocycles. The first-order valence-electron chi connectivity index (χ1n) is 9.57. The monoisotopic (exact) mass is 391 g/mol. The average molecular weight is 391 g/mol. The zero-order valence-electron chi connectivity index (χ0n) is 16.2. The SMILES string of the molecule is CC1(C)Cc2cc(NC(=O)c3cnn4cccnc34)c([C@H]3C[C@H]3C(N)=O)cc2O1. The van der Waals surface area contributed by atoms with Gasteiger partial charge in [-0.15, -0.1) is 0 Å². The number of primary amides is 1. The fourth-order valence-electron chi connectivity index (χ4n) is 4.11. The number of nitrogens with two attached hydrogens (primary N) is 1. The maximum Gasteiger partial charge on any atom is 0.261 e. The Hall–Kier alpha value is -3.42. The molecule has 3 aromatic rings. The van der Waals surface area contributed by atoms with Gasteiger partial charge in [0, 0.05) is 36.0 Å². The third-order valence-corrected chi connectivity index (χ3v) is 5.56. The first-order chi connectivity index (χ1) is 13.8. The van der Waals surface area contributed by atoms with E-state index in [1.54, 1.807) is 23.0 Å². The molecular formula is C21H21N5O3. The second-order valence-electron chi connectivity index (χ2n) is 8.34. The van der Waals surface area contributed by atoms with Crippen molar-refractivity contribution in [1.82, 2.24) is 14.6 Å². The van der Waals surface area contributed by atoms with Gasteiger partial charge in [0.2, 0.25) is 5.91 Å². The van der Waals surface area contributed by atoms with Crippen molar-refractivity contribution < 1.29 is 14.3 Å². The molecule has 2 atom stereocenters. The number of amides is 2. The van der Waals surface area contributed by atoms with Gasteiger partial charge in [0.05, 0.1) is 6.20 Å². The number of benzene rings is 1. The fraction of sp³-hybridized carbons (Fsp3) is 0.333. The van der Waals surface area contributed by atoms with Crippen molar-refractivity contribution in [3.63, 3.8) is 0 Å². The number of ether oxygens (including phenoxy) is 1. The van der Waals surface area contributed by atoms with Crippen molar-refractivity contribution >= 4 is 23.1 Å². The van der Waals surface area contributed by atoms with Crippen LogP contribution in [0.5, 0.6) is 5.75 Å². The molecule has 0 saturated heterocycles. The van der Waals surface area contributed by atoms with Gasteiger partial charge < -0.3 is 15.8 Å². The van der Waals surface area contributed by atoms with E-state index in [0.717, 1.165) is 23.3 Å². The molecule has 3 heterocycles. The van der Waals surface area contributed by atoms with E-state index in [-0.39, 0.29) is 29.3 Å². The summed E-state index contributed by atoms with van der Waals surface area (Å²) in [7, 11) is 0. The number of aromatic nitrogens is 3. The van der Waals surface area contributed by atoms with E-state index in [0.29, 0.717) is 23.3 Å². The smallest absolute Gasteiger partial charge is 0.261 e. The molecule has 1 aliphatic heterocycles. The van der Waals surface area contributed by atoms with Crippen LogP contribution in [0.4, 0.5) is 5.69 Å². The molecule has 1 fully saturated rings. The number of hydrogen-bond donors (Lipinski definition) is 2. The fourth-order valence-corrected chi connectivity index (χ4v) is 4.11. The lowest BCUT2D eigenvalue weighted by Gasteiger charge is -2.17. The molecule has 0 bridgehead atoms. The summed E-state index contributed by atoms with van der Waals surface area (Å²) >= 11 is 0. The van der Waals surface area contributed by atoms with Gasteiger partial charge in [-0.05, 0) is 49.9 Å². The zero-order valence-corrected chi connectivity index (χ0v) is 16.2. The molecule has 1 aromatic carbocycles. The quantitative estimate of drug-likeness (QED) is 0.709. The van der Waals surface area contributed by atoms with Gasteiger partial charge in [0.25, 0.3) is 5.91 Å². The predicted molar refractivity (Wildman–Crippen MR) is 106 cm³/mol. The van der Waals surface area contributed by atoms with Crippen molar-refractivity contribution in [2.45, 2.75) is 38.2 Å². The van der Waals surface area contributed by atoms with Crippen molar-refractivity contribution in [1.29, 1.82) is 0 Å². The second-order valence-corrected chi connectivity index (χ2v) is 8.34. The molecular weight excluding hydrogens is 370 g/mol. The van der Waals surface area contributed by atoms with E-state index < -0.39 is 0 Å². The van der Waals surface area contributed by atoms with Crippen LogP contribution in [0.1, 0.15) is 47.7 Å². The number of carbonyl (C=O) groups excluding carboxylic acids is 2. The Kier molecular flexibility index (Phi) is 3.68. The Balaban J connectivity index is 1.52. The molecule has 148 valence electrons. The molecule has 2 aliphatic rings. The number of fused-ring (bicyclic) bond motifs is 2. The summed E-state index contributed by atoms with van der Waals surface area (Å²) in [5.74, 6) is -0.0369.